The number of aliphatic hydroxyl groups is 1. The minimum Gasteiger partial charge on any atom is -0.507 e. The predicted octanol–water partition coefficient (Wildman–Crippen LogP) is 2.55. The van der Waals surface area contributed by atoms with Crippen molar-refractivity contribution in [3.63, 3.8) is 0 Å². The van der Waals surface area contributed by atoms with Gasteiger partial charge in [0.05, 0.1) is 17.5 Å². The Hall–Kier alpha value is -5.00. The fourth-order valence-electron chi connectivity index (χ4n) is 7.67. The summed E-state index contributed by atoms with van der Waals surface area (Å²) in [4.78, 5) is 57.0. The number of primary amides is 1. The highest BCUT2D eigenvalue weighted by atomic mass is 16.7. The van der Waals surface area contributed by atoms with Crippen molar-refractivity contribution in [1.82, 2.24) is 4.90 Å². The van der Waals surface area contributed by atoms with E-state index in [4.69, 9.17) is 19.9 Å². The van der Waals surface area contributed by atoms with Gasteiger partial charge in [-0.2, -0.15) is 0 Å². The molecular formula is C35H32N2O9. The van der Waals surface area contributed by atoms with Crippen molar-refractivity contribution in [1.29, 1.82) is 0 Å². The van der Waals surface area contributed by atoms with E-state index in [1.165, 1.54) is 6.07 Å². The summed E-state index contributed by atoms with van der Waals surface area (Å²) >= 11 is 0. The van der Waals surface area contributed by atoms with Crippen LogP contribution in [0.5, 0.6) is 17.2 Å². The lowest BCUT2D eigenvalue weighted by Gasteiger charge is -2.52. The number of nitrogens with two attached hydrogens (primary N) is 1. The number of ketones is 3. The molecular weight excluding hydrogens is 592 g/mol. The van der Waals surface area contributed by atoms with Crippen LogP contribution in [0.25, 0.3) is 11.1 Å². The van der Waals surface area contributed by atoms with Crippen LogP contribution >= 0.6 is 0 Å². The molecule has 1 unspecified atom stereocenters. The van der Waals surface area contributed by atoms with Crippen molar-refractivity contribution in [2.24, 2.45) is 23.5 Å². The molecule has 3 aromatic carbocycles. The normalized spacial score (nSPS) is 26.5. The van der Waals surface area contributed by atoms with Crippen LogP contribution in [-0.4, -0.2) is 70.9 Å². The van der Waals surface area contributed by atoms with E-state index in [0.717, 1.165) is 11.1 Å². The van der Waals surface area contributed by atoms with Crippen LogP contribution in [0.1, 0.15) is 27.9 Å². The molecule has 1 amide bonds. The molecule has 7 rings (SSSR count). The Balaban J connectivity index is 1.32. The van der Waals surface area contributed by atoms with Crippen molar-refractivity contribution in [3.8, 4) is 28.4 Å². The van der Waals surface area contributed by atoms with Crippen LogP contribution in [0.2, 0.25) is 0 Å². The number of hydrogen-bond donors (Lipinski definition) is 3. The van der Waals surface area contributed by atoms with E-state index in [0.29, 0.717) is 22.6 Å². The fourth-order valence-corrected chi connectivity index (χ4v) is 7.67. The monoisotopic (exact) mass is 624 g/mol. The Bertz CT molecular complexity index is 1850. The van der Waals surface area contributed by atoms with Gasteiger partial charge in [0.1, 0.15) is 23.7 Å². The minimum absolute atomic E-state index is 0.0136. The molecule has 0 saturated heterocycles. The molecule has 11 nitrogen and oxygen atoms in total. The maximum absolute atomic E-state index is 14.3. The predicted molar refractivity (Wildman–Crippen MR) is 163 cm³/mol. The molecule has 1 aliphatic heterocycles. The van der Waals surface area contributed by atoms with Crippen molar-refractivity contribution >= 4 is 23.3 Å². The maximum Gasteiger partial charge on any atom is 0.255 e. The first-order valence-electron chi connectivity index (χ1n) is 15.0. The molecule has 4 N–H and O–H groups in total. The van der Waals surface area contributed by atoms with Crippen LogP contribution in [0.4, 0.5) is 0 Å². The zero-order chi connectivity index (χ0) is 32.5. The summed E-state index contributed by atoms with van der Waals surface area (Å²) in [6, 6.07) is 16.7. The summed E-state index contributed by atoms with van der Waals surface area (Å²) in [7, 11) is 3.39. The number of aromatic hydroxyl groups is 1. The fraction of sp³-hybridized carbons (Fsp3) is 0.314. The van der Waals surface area contributed by atoms with E-state index in [9.17, 15) is 29.4 Å². The third-order valence-electron chi connectivity index (χ3n) is 9.70. The lowest BCUT2D eigenvalue weighted by molar-refractivity contribution is -0.170. The summed E-state index contributed by atoms with van der Waals surface area (Å²) in [5.41, 5.74) is 5.10. The third-order valence-corrected chi connectivity index (χ3v) is 9.70. The van der Waals surface area contributed by atoms with Crippen molar-refractivity contribution in [2.75, 3.05) is 20.9 Å². The number of ether oxygens (including phenoxy) is 3. The Labute approximate surface area is 264 Å². The molecule has 4 aliphatic rings. The maximum atomic E-state index is 14.3. The van der Waals surface area contributed by atoms with Gasteiger partial charge in [0.25, 0.3) is 5.91 Å². The van der Waals surface area contributed by atoms with Crippen molar-refractivity contribution < 1.29 is 43.6 Å². The molecule has 0 aromatic heterocycles. The van der Waals surface area contributed by atoms with E-state index in [2.05, 4.69) is 0 Å². The van der Waals surface area contributed by atoms with Gasteiger partial charge in [-0.25, -0.2) is 0 Å². The number of likely N-dealkylation sites (N-methyl/N-ethyl adjacent to an activating group) is 1. The van der Waals surface area contributed by atoms with Gasteiger partial charge in [-0.1, -0.05) is 42.5 Å². The van der Waals surface area contributed by atoms with E-state index in [1.807, 2.05) is 36.4 Å². The number of nitrogens with zero attached hydrogens (tertiary/aromatic N) is 1. The standard InChI is InChI=1S/C35H32N2O9/c1-37(2)29-22-13-19-12-21-20(18-8-11-24-25(14-18)46-16-45-24)9-10-23(38)27(21)30(39)26(19)32(40)35(22,43)33(41)28(34(36)42)31(29)44-15-17-6-4-3-5-7-17/h3-11,14,19,22,26,29,38,43H,12-13,15-16H2,1-2H3,(H2,36,42)/t19-,22-,26?,29-,35-/m0/s1. The second-order valence-corrected chi connectivity index (χ2v) is 12.4. The Morgan fingerprint density at radius 2 is 1.78 bits per heavy atom. The number of carbonyl (C=O) groups is 4. The Morgan fingerprint density at radius 1 is 1.04 bits per heavy atom. The average molecular weight is 625 g/mol. The number of phenolic OH excluding ortho intramolecular Hbond substituents is 1. The Kier molecular flexibility index (Phi) is 6.98. The molecule has 236 valence electrons. The van der Waals surface area contributed by atoms with Gasteiger partial charge in [-0.3, -0.25) is 24.1 Å². The molecule has 1 heterocycles. The molecule has 1 saturated carbocycles. The first-order chi connectivity index (χ1) is 22.0. The second-order valence-electron chi connectivity index (χ2n) is 12.4. The summed E-state index contributed by atoms with van der Waals surface area (Å²) < 4.78 is 17.1. The number of phenols is 1. The first-order valence-corrected chi connectivity index (χ1v) is 15.0. The number of amides is 1. The summed E-state index contributed by atoms with van der Waals surface area (Å²) in [6.07, 6.45) is 0.288. The van der Waals surface area contributed by atoms with Crippen LogP contribution in [0.15, 0.2) is 72.0 Å². The van der Waals surface area contributed by atoms with Crippen molar-refractivity contribution in [2.45, 2.75) is 31.1 Å². The smallest absolute Gasteiger partial charge is 0.255 e. The molecule has 46 heavy (non-hydrogen) atoms. The van der Waals surface area contributed by atoms with E-state index in [1.54, 1.807) is 37.2 Å². The lowest BCUT2D eigenvalue weighted by atomic mass is 9.54. The van der Waals surface area contributed by atoms with Crippen LogP contribution in [-0.2, 0) is 32.1 Å². The van der Waals surface area contributed by atoms with Gasteiger partial charge in [-0.05, 0) is 73.3 Å². The lowest BCUT2D eigenvalue weighted by Crippen LogP contribution is -2.69. The van der Waals surface area contributed by atoms with Gasteiger partial charge in [0.2, 0.25) is 12.6 Å². The molecule has 11 heteroatoms. The highest BCUT2D eigenvalue weighted by molar-refractivity contribution is 6.32. The number of benzene rings is 3. The van der Waals surface area contributed by atoms with E-state index < -0.39 is 58.2 Å². The largest absolute Gasteiger partial charge is 0.507 e. The van der Waals surface area contributed by atoms with E-state index in [-0.39, 0.29) is 43.3 Å². The SMILES string of the molecule is CN(C)[C@@H]1C(OCc2ccccc2)=C(C(N)=O)C(=O)[C@@]2(O)C(=O)C3C(=O)c4c(O)ccc(-c5ccc6c(c5)OCO6)c4C[C@H]3C[C@@H]12. The van der Waals surface area contributed by atoms with Gasteiger partial charge in [-0.15, -0.1) is 0 Å². The Morgan fingerprint density at radius 3 is 2.50 bits per heavy atom. The number of rotatable bonds is 6. The molecule has 1 fully saturated rings. The minimum atomic E-state index is -2.71. The number of Topliss-reactive ketones (excluding diaryl/α,β-unsaturated/α-hetero) is 3. The molecule has 5 atom stereocenters. The van der Waals surface area contributed by atoms with Crippen LogP contribution in [0, 0.1) is 17.8 Å². The van der Waals surface area contributed by atoms with Crippen LogP contribution in [0.3, 0.4) is 0 Å². The summed E-state index contributed by atoms with van der Waals surface area (Å²) in [5.74, 6) is -6.29. The second kappa shape index (κ2) is 10.8. The average Bonchev–Trinajstić information content (AvgIpc) is 3.50. The quantitative estimate of drug-likeness (QED) is 0.274. The molecule has 0 bridgehead atoms. The molecule has 0 spiro atoms. The highest BCUT2D eigenvalue weighted by Gasteiger charge is 2.67. The zero-order valence-corrected chi connectivity index (χ0v) is 25.2. The van der Waals surface area contributed by atoms with Gasteiger partial charge in [0, 0.05) is 5.92 Å². The third kappa shape index (κ3) is 4.33. The summed E-state index contributed by atoms with van der Waals surface area (Å²) in [6.45, 7) is 0.107. The molecule has 3 aliphatic carbocycles. The number of hydrogen-bond acceptors (Lipinski definition) is 10. The highest BCUT2D eigenvalue weighted by Crippen LogP contribution is 2.53. The zero-order valence-electron chi connectivity index (χ0n) is 25.2. The summed E-state index contributed by atoms with van der Waals surface area (Å²) in [5, 5.41) is 23.0. The first kappa shape index (κ1) is 29.7. The van der Waals surface area contributed by atoms with Gasteiger partial charge >= 0.3 is 0 Å². The van der Waals surface area contributed by atoms with E-state index >= 15 is 0 Å². The topological polar surface area (TPSA) is 166 Å². The van der Waals surface area contributed by atoms with Gasteiger partial charge in [0.15, 0.2) is 28.7 Å². The molecule has 0 radical (unpaired) electrons. The van der Waals surface area contributed by atoms with Crippen molar-refractivity contribution in [3.05, 3.63) is 88.7 Å². The van der Waals surface area contributed by atoms with Crippen LogP contribution < -0.4 is 15.2 Å². The number of carbonyl (C=O) groups excluding carboxylic acids is 4. The number of fused-ring (bicyclic) bond motifs is 4. The molecule has 3 aromatic rings. The van der Waals surface area contributed by atoms with Gasteiger partial charge < -0.3 is 30.2 Å².